The van der Waals surface area contributed by atoms with Crippen LogP contribution in [0.4, 0.5) is 13.2 Å². The molecule has 0 amide bonds. The first-order valence-corrected chi connectivity index (χ1v) is 9.36. The molecule has 6 nitrogen and oxygen atoms in total. The molecule has 0 N–H and O–H groups in total. The molecule has 144 valence electrons. The van der Waals surface area contributed by atoms with E-state index in [0.717, 1.165) is 39.2 Å². The largest absolute Gasteiger partial charge is 0.416 e. The van der Waals surface area contributed by atoms with Gasteiger partial charge in [0.05, 0.1) is 30.7 Å². The normalized spacial score (nSPS) is 14.7. The summed E-state index contributed by atoms with van der Waals surface area (Å²) in [6.07, 6.45) is -2.34. The van der Waals surface area contributed by atoms with Crippen molar-refractivity contribution in [1.82, 2.24) is 19.2 Å². The number of hydrogen-bond acceptors (Lipinski definition) is 5. The molecular formula is C18H13F3N4O2S. The molecule has 0 spiro atoms. The van der Waals surface area contributed by atoms with Crippen molar-refractivity contribution in [3.63, 3.8) is 0 Å². The number of thiophene rings is 1. The number of hydrogen-bond donors (Lipinski definition) is 0. The molecule has 1 aliphatic rings. The zero-order valence-corrected chi connectivity index (χ0v) is 15.2. The summed E-state index contributed by atoms with van der Waals surface area (Å²) in [5, 5.41) is 4.91. The summed E-state index contributed by atoms with van der Waals surface area (Å²) in [6.45, 7) is 1.21. The Morgan fingerprint density at radius 2 is 2.00 bits per heavy atom. The quantitative estimate of drug-likeness (QED) is 0.513. The highest BCUT2D eigenvalue weighted by Crippen LogP contribution is 2.36. The van der Waals surface area contributed by atoms with Gasteiger partial charge in [-0.05, 0) is 29.7 Å². The van der Waals surface area contributed by atoms with Gasteiger partial charge >= 0.3 is 11.9 Å². The Hall–Kier alpha value is -2.72. The van der Waals surface area contributed by atoms with Gasteiger partial charge in [0.15, 0.2) is 5.65 Å². The third-order valence-corrected chi connectivity index (χ3v) is 6.08. The molecule has 10 heteroatoms. The van der Waals surface area contributed by atoms with Gasteiger partial charge in [0.1, 0.15) is 11.2 Å². The van der Waals surface area contributed by atoms with Crippen molar-refractivity contribution in [3.05, 3.63) is 62.6 Å². The topological polar surface area (TPSA) is 61.4 Å². The molecule has 0 radical (unpaired) electrons. The summed E-state index contributed by atoms with van der Waals surface area (Å²) < 4.78 is 46.7. The van der Waals surface area contributed by atoms with E-state index in [9.17, 15) is 18.0 Å². The third-order valence-electron chi connectivity index (χ3n) is 4.85. The van der Waals surface area contributed by atoms with Gasteiger partial charge in [-0.3, -0.25) is 4.57 Å². The molecule has 1 aromatic carbocycles. The van der Waals surface area contributed by atoms with Crippen LogP contribution in [0, 0.1) is 0 Å². The molecule has 3 aromatic heterocycles. The lowest BCUT2D eigenvalue weighted by Gasteiger charge is -2.12. The first-order valence-electron chi connectivity index (χ1n) is 8.54. The van der Waals surface area contributed by atoms with Gasteiger partial charge in [0.2, 0.25) is 0 Å². The van der Waals surface area contributed by atoms with Gasteiger partial charge < -0.3 is 4.74 Å². The van der Waals surface area contributed by atoms with Crippen LogP contribution >= 0.6 is 11.3 Å². The van der Waals surface area contributed by atoms with Crippen LogP contribution in [0.1, 0.15) is 21.6 Å². The van der Waals surface area contributed by atoms with E-state index < -0.39 is 11.7 Å². The van der Waals surface area contributed by atoms with Crippen LogP contribution in [0.15, 0.2) is 35.4 Å². The number of aromatic nitrogens is 4. The highest BCUT2D eigenvalue weighted by Gasteiger charge is 2.30. The minimum Gasteiger partial charge on any atom is -0.376 e. The lowest BCUT2D eigenvalue weighted by atomic mass is 10.1. The molecule has 0 saturated carbocycles. The van der Waals surface area contributed by atoms with Crippen molar-refractivity contribution in [2.75, 3.05) is 6.61 Å². The second kappa shape index (κ2) is 6.14. The van der Waals surface area contributed by atoms with Crippen LogP contribution in [0.3, 0.4) is 0 Å². The number of ether oxygens (including phenoxy) is 1. The van der Waals surface area contributed by atoms with E-state index in [1.165, 1.54) is 34.3 Å². The van der Waals surface area contributed by atoms with E-state index in [2.05, 4.69) is 10.1 Å². The maximum atomic E-state index is 13.0. The lowest BCUT2D eigenvalue weighted by molar-refractivity contribution is -0.137. The van der Waals surface area contributed by atoms with Crippen LogP contribution in [-0.4, -0.2) is 25.8 Å². The predicted octanol–water partition coefficient (Wildman–Crippen LogP) is 3.25. The number of halogens is 3. The van der Waals surface area contributed by atoms with Crippen LogP contribution in [0.5, 0.6) is 0 Å². The molecule has 28 heavy (non-hydrogen) atoms. The number of rotatable bonds is 2. The van der Waals surface area contributed by atoms with Gasteiger partial charge in [-0.25, -0.2) is 9.78 Å². The lowest BCUT2D eigenvalue weighted by Crippen LogP contribution is -2.28. The van der Waals surface area contributed by atoms with E-state index >= 15 is 0 Å². The molecule has 4 heterocycles. The van der Waals surface area contributed by atoms with Crippen LogP contribution in [0.2, 0.25) is 0 Å². The molecule has 0 saturated heterocycles. The molecule has 0 aliphatic carbocycles. The second-order valence-corrected chi connectivity index (χ2v) is 7.63. The first-order chi connectivity index (χ1) is 13.4. The van der Waals surface area contributed by atoms with Crippen molar-refractivity contribution >= 4 is 27.2 Å². The summed E-state index contributed by atoms with van der Waals surface area (Å²) in [5.41, 5.74) is 1.11. The second-order valence-electron chi connectivity index (χ2n) is 6.55. The Labute approximate surface area is 159 Å². The van der Waals surface area contributed by atoms with E-state index in [4.69, 9.17) is 4.74 Å². The molecule has 0 atom stereocenters. The minimum absolute atomic E-state index is 0.142. The SMILES string of the molecule is O=c1n(Cc2ccc(C(F)(F)F)cc2)c2sc3c(c2c2ncnn12)CCOC3. The Bertz CT molecular complexity index is 1250. The van der Waals surface area contributed by atoms with E-state index in [1.807, 2.05) is 0 Å². The molecular weight excluding hydrogens is 393 g/mol. The molecule has 0 bridgehead atoms. The van der Waals surface area contributed by atoms with Crippen molar-refractivity contribution in [2.24, 2.45) is 0 Å². The smallest absolute Gasteiger partial charge is 0.376 e. The zero-order valence-electron chi connectivity index (χ0n) is 14.4. The zero-order chi connectivity index (χ0) is 19.5. The highest BCUT2D eigenvalue weighted by molar-refractivity contribution is 7.19. The molecule has 0 unspecified atom stereocenters. The van der Waals surface area contributed by atoms with E-state index in [-0.39, 0.29) is 12.2 Å². The van der Waals surface area contributed by atoms with Crippen LogP contribution < -0.4 is 5.69 Å². The summed E-state index contributed by atoms with van der Waals surface area (Å²) >= 11 is 1.46. The third kappa shape index (κ3) is 2.63. The van der Waals surface area contributed by atoms with Crippen molar-refractivity contribution in [1.29, 1.82) is 0 Å². The molecule has 5 rings (SSSR count). The fourth-order valence-corrected chi connectivity index (χ4v) is 4.79. The van der Waals surface area contributed by atoms with Crippen molar-refractivity contribution < 1.29 is 17.9 Å². The highest BCUT2D eigenvalue weighted by atomic mass is 32.1. The van der Waals surface area contributed by atoms with Gasteiger partial charge in [0, 0.05) is 4.88 Å². The van der Waals surface area contributed by atoms with E-state index in [1.54, 1.807) is 4.57 Å². The first kappa shape index (κ1) is 17.4. The van der Waals surface area contributed by atoms with Gasteiger partial charge in [-0.1, -0.05) is 12.1 Å². The van der Waals surface area contributed by atoms with Gasteiger partial charge in [0.25, 0.3) is 0 Å². The van der Waals surface area contributed by atoms with Crippen LogP contribution in [-0.2, 0) is 30.5 Å². The predicted molar refractivity (Wildman–Crippen MR) is 96.5 cm³/mol. The van der Waals surface area contributed by atoms with Gasteiger partial charge in [-0.2, -0.15) is 22.8 Å². The standard InChI is InChI=1S/C18H13F3N4O2S/c19-18(20,21)11-3-1-10(2-4-11)7-24-16-14(12-5-6-27-8-13(12)28-16)15-22-9-23-25(15)17(24)26/h1-4,9H,5-8H2. The Balaban J connectivity index is 1.69. The number of benzene rings is 1. The van der Waals surface area contributed by atoms with Crippen molar-refractivity contribution in [3.8, 4) is 0 Å². The maximum absolute atomic E-state index is 13.0. The summed E-state index contributed by atoms with van der Waals surface area (Å²) in [6, 6.07) is 4.84. The Morgan fingerprint density at radius 1 is 1.21 bits per heavy atom. The number of fused-ring (bicyclic) bond motifs is 5. The fourth-order valence-electron chi connectivity index (χ4n) is 3.51. The molecule has 0 fully saturated rings. The number of nitrogens with zero attached hydrogens (tertiary/aromatic N) is 4. The Morgan fingerprint density at radius 3 is 2.75 bits per heavy atom. The summed E-state index contributed by atoms with van der Waals surface area (Å²) in [4.78, 5) is 19.0. The Kier molecular flexibility index (Phi) is 3.81. The monoisotopic (exact) mass is 406 g/mol. The van der Waals surface area contributed by atoms with E-state index in [0.29, 0.717) is 24.4 Å². The maximum Gasteiger partial charge on any atom is 0.416 e. The summed E-state index contributed by atoms with van der Waals surface area (Å²) in [7, 11) is 0. The molecule has 4 aromatic rings. The van der Waals surface area contributed by atoms with Gasteiger partial charge in [-0.15, -0.1) is 11.3 Å². The average molecular weight is 406 g/mol. The van der Waals surface area contributed by atoms with Crippen molar-refractivity contribution in [2.45, 2.75) is 25.7 Å². The molecule has 1 aliphatic heterocycles. The fraction of sp³-hybridized carbons (Fsp3) is 0.278. The average Bonchev–Trinajstić information content (AvgIpc) is 3.29. The van der Waals surface area contributed by atoms with Crippen LogP contribution in [0.25, 0.3) is 15.9 Å². The minimum atomic E-state index is -4.39. The number of alkyl halides is 3. The summed E-state index contributed by atoms with van der Waals surface area (Å²) in [5.74, 6) is 0.